The molecule has 68 valence electrons. The van der Waals surface area contributed by atoms with Gasteiger partial charge in [0.2, 0.25) is 0 Å². The van der Waals surface area contributed by atoms with E-state index < -0.39 is 0 Å². The van der Waals surface area contributed by atoms with Gasteiger partial charge in [-0.2, -0.15) is 0 Å². The minimum atomic E-state index is 0. The van der Waals surface area contributed by atoms with Crippen molar-refractivity contribution >= 4 is 11.6 Å². The quantitative estimate of drug-likeness (QED) is 0.569. The first-order valence-corrected chi connectivity index (χ1v) is 4.42. The van der Waals surface area contributed by atoms with Gasteiger partial charge in [-0.05, 0) is 17.0 Å². The van der Waals surface area contributed by atoms with Crippen molar-refractivity contribution in [1.82, 2.24) is 0 Å². The molecule has 0 nitrogen and oxygen atoms in total. The van der Waals surface area contributed by atoms with Gasteiger partial charge in [0.15, 0.2) is 0 Å². The monoisotopic (exact) mass is 270 g/mol. The van der Waals surface area contributed by atoms with Crippen LogP contribution in [0, 0.1) is 0 Å². The summed E-state index contributed by atoms with van der Waals surface area (Å²) in [6.07, 6.45) is 0. The molecule has 0 amide bonds. The summed E-state index contributed by atoms with van der Waals surface area (Å²) in [5, 5.41) is 0. The molecule has 0 radical (unpaired) electrons. The number of alkyl halides is 1. The van der Waals surface area contributed by atoms with E-state index in [0.29, 0.717) is 11.8 Å². The van der Waals surface area contributed by atoms with Crippen LogP contribution >= 0.6 is 11.6 Å². The van der Waals surface area contributed by atoms with Crippen molar-refractivity contribution in [3.63, 3.8) is 0 Å². The molecule has 1 aromatic rings. The van der Waals surface area contributed by atoms with Crippen LogP contribution in [0.2, 0.25) is 0 Å². The predicted molar refractivity (Wildman–Crippen MR) is 50.1 cm³/mol. The third kappa shape index (κ3) is 3.25. The van der Waals surface area contributed by atoms with Crippen molar-refractivity contribution < 1.29 is 19.5 Å². The Morgan fingerprint density at radius 2 is 1.67 bits per heavy atom. The molecular formula is C10H13ClRu. The zero-order valence-corrected chi connectivity index (χ0v) is 9.82. The summed E-state index contributed by atoms with van der Waals surface area (Å²) >= 11 is 5.66. The average Bonchev–Trinajstić information content (AvgIpc) is 2.05. The Bertz CT molecular complexity index is 216. The van der Waals surface area contributed by atoms with Crippen LogP contribution in [0.25, 0.3) is 0 Å². The van der Waals surface area contributed by atoms with Crippen LogP contribution in [-0.2, 0) is 25.4 Å². The van der Waals surface area contributed by atoms with Crippen molar-refractivity contribution in [3.05, 3.63) is 35.4 Å². The number of halogens is 1. The summed E-state index contributed by atoms with van der Waals surface area (Å²) in [6, 6.07) is 8.45. The second kappa shape index (κ2) is 5.72. The van der Waals surface area contributed by atoms with E-state index >= 15 is 0 Å². The van der Waals surface area contributed by atoms with E-state index in [1.807, 2.05) is 0 Å². The molecule has 0 aromatic heterocycles. The number of hydrogen-bond acceptors (Lipinski definition) is 0. The van der Waals surface area contributed by atoms with Crippen LogP contribution in [0.1, 0.15) is 30.9 Å². The van der Waals surface area contributed by atoms with Crippen LogP contribution in [0.5, 0.6) is 0 Å². The molecule has 0 spiro atoms. The van der Waals surface area contributed by atoms with Gasteiger partial charge in [0.1, 0.15) is 0 Å². The van der Waals surface area contributed by atoms with Crippen molar-refractivity contribution in [3.8, 4) is 0 Å². The van der Waals surface area contributed by atoms with Gasteiger partial charge in [-0.25, -0.2) is 0 Å². The summed E-state index contributed by atoms with van der Waals surface area (Å²) in [7, 11) is 0. The van der Waals surface area contributed by atoms with Gasteiger partial charge in [0.25, 0.3) is 0 Å². The molecule has 12 heavy (non-hydrogen) atoms. The van der Waals surface area contributed by atoms with Crippen LogP contribution < -0.4 is 0 Å². The van der Waals surface area contributed by atoms with Gasteiger partial charge in [-0.1, -0.05) is 38.1 Å². The number of rotatable bonds is 2. The first-order valence-electron chi connectivity index (χ1n) is 3.89. The summed E-state index contributed by atoms with van der Waals surface area (Å²) in [5.74, 6) is 1.22. The first-order chi connectivity index (χ1) is 5.24. The Hall–Kier alpha value is 0.133. The van der Waals surface area contributed by atoms with Crippen LogP contribution in [0.4, 0.5) is 0 Å². The molecule has 0 unspecified atom stereocenters. The van der Waals surface area contributed by atoms with Gasteiger partial charge in [-0.15, -0.1) is 11.6 Å². The first kappa shape index (κ1) is 12.1. The topological polar surface area (TPSA) is 0 Å². The van der Waals surface area contributed by atoms with E-state index in [9.17, 15) is 0 Å². The summed E-state index contributed by atoms with van der Waals surface area (Å²) in [5.41, 5.74) is 2.56. The average molecular weight is 270 g/mol. The standard InChI is InChI=1S/C10H13Cl.Ru/c1-8(2)10-5-3-9(7-11)4-6-10;/h3-6,8H,7H2,1-2H3;. The molecule has 0 heterocycles. The summed E-state index contributed by atoms with van der Waals surface area (Å²) in [6.45, 7) is 4.38. The molecule has 0 aliphatic carbocycles. The predicted octanol–water partition coefficient (Wildman–Crippen LogP) is 3.55. The molecule has 0 bridgehead atoms. The van der Waals surface area contributed by atoms with Crippen molar-refractivity contribution in [1.29, 1.82) is 0 Å². The Kier molecular flexibility index (Phi) is 5.79. The van der Waals surface area contributed by atoms with Gasteiger partial charge in [-0.3, -0.25) is 0 Å². The fourth-order valence-corrected chi connectivity index (χ4v) is 1.17. The fourth-order valence-electron chi connectivity index (χ4n) is 0.992. The number of hydrogen-bond donors (Lipinski definition) is 0. The fraction of sp³-hybridized carbons (Fsp3) is 0.400. The zero-order valence-electron chi connectivity index (χ0n) is 7.33. The Morgan fingerprint density at radius 1 is 1.17 bits per heavy atom. The number of benzene rings is 1. The minimum absolute atomic E-state index is 0. The summed E-state index contributed by atoms with van der Waals surface area (Å²) in [4.78, 5) is 0. The van der Waals surface area contributed by atoms with Crippen LogP contribution in [0.15, 0.2) is 24.3 Å². The molecule has 0 aliphatic rings. The maximum atomic E-state index is 5.66. The minimum Gasteiger partial charge on any atom is -0.122 e. The second-order valence-corrected chi connectivity index (χ2v) is 3.30. The van der Waals surface area contributed by atoms with Gasteiger partial charge >= 0.3 is 0 Å². The van der Waals surface area contributed by atoms with E-state index in [2.05, 4.69) is 38.1 Å². The Labute approximate surface area is 92.1 Å². The molecule has 2 heteroatoms. The third-order valence-electron chi connectivity index (χ3n) is 1.80. The van der Waals surface area contributed by atoms with E-state index in [0.717, 1.165) is 0 Å². The van der Waals surface area contributed by atoms with E-state index in [4.69, 9.17) is 11.6 Å². The maximum Gasteiger partial charge on any atom is 0.0474 e. The van der Waals surface area contributed by atoms with Crippen molar-refractivity contribution in [2.24, 2.45) is 0 Å². The molecule has 1 rings (SSSR count). The van der Waals surface area contributed by atoms with E-state index in [1.54, 1.807) is 0 Å². The maximum absolute atomic E-state index is 5.66. The molecule has 0 saturated carbocycles. The Morgan fingerprint density at radius 3 is 2.00 bits per heavy atom. The van der Waals surface area contributed by atoms with Gasteiger partial charge in [0.05, 0.1) is 0 Å². The molecule has 0 aliphatic heterocycles. The zero-order chi connectivity index (χ0) is 8.27. The van der Waals surface area contributed by atoms with E-state index in [1.165, 1.54) is 11.1 Å². The molecule has 1 aromatic carbocycles. The van der Waals surface area contributed by atoms with Crippen molar-refractivity contribution in [2.75, 3.05) is 0 Å². The Balaban J connectivity index is 0.00000121. The smallest absolute Gasteiger partial charge is 0.0474 e. The van der Waals surface area contributed by atoms with Gasteiger partial charge < -0.3 is 0 Å². The normalized spacial score (nSPS) is 9.67. The van der Waals surface area contributed by atoms with Crippen molar-refractivity contribution in [2.45, 2.75) is 25.6 Å². The molecule has 0 saturated heterocycles. The molecule has 0 atom stereocenters. The molecule has 0 fully saturated rings. The van der Waals surface area contributed by atoms with E-state index in [-0.39, 0.29) is 19.5 Å². The van der Waals surface area contributed by atoms with Crippen LogP contribution in [0.3, 0.4) is 0 Å². The summed E-state index contributed by atoms with van der Waals surface area (Å²) < 4.78 is 0. The third-order valence-corrected chi connectivity index (χ3v) is 2.11. The molecule has 0 N–H and O–H groups in total. The second-order valence-electron chi connectivity index (χ2n) is 3.03. The SMILES string of the molecule is CC(C)c1ccc(CCl)cc1.[Ru]. The van der Waals surface area contributed by atoms with Gasteiger partial charge in [0, 0.05) is 25.4 Å². The van der Waals surface area contributed by atoms with Crippen LogP contribution in [-0.4, -0.2) is 0 Å². The molecular weight excluding hydrogens is 257 g/mol. The largest absolute Gasteiger partial charge is 0.122 e.